The lowest BCUT2D eigenvalue weighted by atomic mass is 9.66. The van der Waals surface area contributed by atoms with Crippen LogP contribution in [0.1, 0.15) is 25.7 Å². The van der Waals surface area contributed by atoms with Crippen LogP contribution in [0.4, 0.5) is 5.82 Å². The van der Waals surface area contributed by atoms with Crippen LogP contribution in [0.25, 0.3) is 0 Å². The van der Waals surface area contributed by atoms with Crippen molar-refractivity contribution in [3.63, 3.8) is 0 Å². The minimum absolute atomic E-state index is 0.484. The molecule has 2 fully saturated rings. The van der Waals surface area contributed by atoms with Gasteiger partial charge in [-0.2, -0.15) is 0 Å². The van der Waals surface area contributed by atoms with Crippen LogP contribution in [0.5, 0.6) is 0 Å². The second-order valence-electron chi connectivity index (χ2n) is 6.32. The first kappa shape index (κ1) is 13.8. The van der Waals surface area contributed by atoms with Crippen molar-refractivity contribution in [3.05, 3.63) is 24.4 Å². The van der Waals surface area contributed by atoms with E-state index in [2.05, 4.69) is 26.9 Å². The molecule has 0 unspecified atom stereocenters. The fourth-order valence-corrected chi connectivity index (χ4v) is 3.37. The maximum Gasteiger partial charge on any atom is 0.128 e. The molecule has 1 saturated heterocycles. The molecule has 0 amide bonds. The molecule has 1 aliphatic carbocycles. The molecule has 1 saturated carbocycles. The van der Waals surface area contributed by atoms with Crippen molar-refractivity contribution in [3.8, 4) is 0 Å². The van der Waals surface area contributed by atoms with Crippen LogP contribution in [-0.2, 0) is 0 Å². The molecule has 1 aliphatic heterocycles. The monoisotopic (exact) mass is 274 g/mol. The van der Waals surface area contributed by atoms with Crippen molar-refractivity contribution < 1.29 is 0 Å². The van der Waals surface area contributed by atoms with Crippen LogP contribution in [0.15, 0.2) is 24.4 Å². The highest BCUT2D eigenvalue weighted by Gasteiger charge is 2.35. The summed E-state index contributed by atoms with van der Waals surface area (Å²) in [5, 5.41) is 0. The summed E-state index contributed by atoms with van der Waals surface area (Å²) >= 11 is 0. The number of nitrogens with zero attached hydrogens (tertiary/aromatic N) is 3. The van der Waals surface area contributed by atoms with Crippen LogP contribution in [0, 0.1) is 5.41 Å². The van der Waals surface area contributed by atoms with E-state index in [4.69, 9.17) is 5.73 Å². The summed E-state index contributed by atoms with van der Waals surface area (Å²) in [6.07, 6.45) is 7.23. The molecule has 1 aromatic rings. The quantitative estimate of drug-likeness (QED) is 0.888. The van der Waals surface area contributed by atoms with E-state index < -0.39 is 0 Å². The SMILES string of the molecule is NCC1(CCN2CCN(c3ccccn3)CC2)CCC1. The van der Waals surface area contributed by atoms with Gasteiger partial charge in [0, 0.05) is 32.4 Å². The number of hydrogen-bond acceptors (Lipinski definition) is 4. The Kier molecular flexibility index (Phi) is 4.22. The molecule has 2 heterocycles. The van der Waals surface area contributed by atoms with Crippen molar-refractivity contribution in [2.45, 2.75) is 25.7 Å². The van der Waals surface area contributed by atoms with Crippen LogP contribution in [0.3, 0.4) is 0 Å². The van der Waals surface area contributed by atoms with Crippen molar-refractivity contribution >= 4 is 5.82 Å². The van der Waals surface area contributed by atoms with Crippen LogP contribution in [-0.4, -0.2) is 49.2 Å². The fraction of sp³-hybridized carbons (Fsp3) is 0.688. The zero-order valence-corrected chi connectivity index (χ0v) is 12.3. The Morgan fingerprint density at radius 1 is 1.15 bits per heavy atom. The van der Waals surface area contributed by atoms with Gasteiger partial charge in [0.25, 0.3) is 0 Å². The first-order valence-electron chi connectivity index (χ1n) is 7.90. The number of anilines is 1. The van der Waals surface area contributed by atoms with Gasteiger partial charge >= 0.3 is 0 Å². The molecule has 0 atom stereocenters. The summed E-state index contributed by atoms with van der Waals surface area (Å²) in [6.45, 7) is 6.57. The van der Waals surface area contributed by atoms with Gasteiger partial charge in [0.1, 0.15) is 5.82 Å². The highest BCUT2D eigenvalue weighted by atomic mass is 15.3. The Bertz CT molecular complexity index is 402. The number of aromatic nitrogens is 1. The predicted octanol–water partition coefficient (Wildman–Crippen LogP) is 1.72. The zero-order valence-electron chi connectivity index (χ0n) is 12.3. The van der Waals surface area contributed by atoms with E-state index in [1.54, 1.807) is 0 Å². The second-order valence-corrected chi connectivity index (χ2v) is 6.32. The van der Waals surface area contributed by atoms with Gasteiger partial charge in [-0.3, -0.25) is 4.90 Å². The Labute approximate surface area is 122 Å². The van der Waals surface area contributed by atoms with Gasteiger partial charge in [0.2, 0.25) is 0 Å². The number of hydrogen-bond donors (Lipinski definition) is 1. The van der Waals surface area contributed by atoms with E-state index in [9.17, 15) is 0 Å². The molecule has 20 heavy (non-hydrogen) atoms. The molecular formula is C16H26N4. The minimum Gasteiger partial charge on any atom is -0.354 e. The third-order valence-corrected chi connectivity index (χ3v) is 5.15. The first-order valence-corrected chi connectivity index (χ1v) is 7.90. The number of rotatable bonds is 5. The average molecular weight is 274 g/mol. The van der Waals surface area contributed by atoms with Gasteiger partial charge < -0.3 is 10.6 Å². The third kappa shape index (κ3) is 2.96. The van der Waals surface area contributed by atoms with Gasteiger partial charge in [0.05, 0.1) is 0 Å². The molecule has 0 bridgehead atoms. The number of piperazine rings is 1. The number of nitrogens with two attached hydrogens (primary N) is 1. The molecule has 1 aromatic heterocycles. The summed E-state index contributed by atoms with van der Waals surface area (Å²) < 4.78 is 0. The van der Waals surface area contributed by atoms with E-state index in [0.29, 0.717) is 5.41 Å². The van der Waals surface area contributed by atoms with Crippen LogP contribution < -0.4 is 10.6 Å². The van der Waals surface area contributed by atoms with E-state index in [1.807, 2.05) is 12.3 Å². The average Bonchev–Trinajstić information content (AvgIpc) is 2.48. The zero-order chi connectivity index (χ0) is 13.8. The van der Waals surface area contributed by atoms with Crippen molar-refractivity contribution in [1.82, 2.24) is 9.88 Å². The lowest BCUT2D eigenvalue weighted by Gasteiger charge is -2.43. The third-order valence-electron chi connectivity index (χ3n) is 5.15. The maximum atomic E-state index is 5.95. The van der Waals surface area contributed by atoms with E-state index >= 15 is 0 Å². The van der Waals surface area contributed by atoms with E-state index in [-0.39, 0.29) is 0 Å². The molecule has 110 valence electrons. The van der Waals surface area contributed by atoms with Gasteiger partial charge in [-0.05, 0) is 49.9 Å². The van der Waals surface area contributed by atoms with Crippen LogP contribution >= 0.6 is 0 Å². The van der Waals surface area contributed by atoms with Crippen molar-refractivity contribution in [2.24, 2.45) is 11.1 Å². The molecule has 4 heteroatoms. The summed E-state index contributed by atoms with van der Waals surface area (Å²) in [5.41, 5.74) is 6.43. The lowest BCUT2D eigenvalue weighted by molar-refractivity contribution is 0.104. The first-order chi connectivity index (χ1) is 9.81. The molecule has 2 aliphatic rings. The smallest absolute Gasteiger partial charge is 0.128 e. The van der Waals surface area contributed by atoms with Crippen molar-refractivity contribution in [2.75, 3.05) is 44.2 Å². The van der Waals surface area contributed by atoms with E-state index in [1.165, 1.54) is 32.2 Å². The molecule has 0 radical (unpaired) electrons. The van der Waals surface area contributed by atoms with Gasteiger partial charge in [-0.15, -0.1) is 0 Å². The largest absolute Gasteiger partial charge is 0.354 e. The topological polar surface area (TPSA) is 45.4 Å². The standard InChI is InChI=1S/C16H26N4/c17-14-16(5-3-6-16)7-9-19-10-12-20(13-11-19)15-4-1-2-8-18-15/h1-2,4,8H,3,5-7,9-14,17H2. The predicted molar refractivity (Wildman–Crippen MR) is 82.8 cm³/mol. The Hall–Kier alpha value is -1.13. The molecule has 0 aromatic carbocycles. The van der Waals surface area contributed by atoms with Gasteiger partial charge in [-0.25, -0.2) is 4.98 Å². The molecule has 2 N–H and O–H groups in total. The molecule has 0 spiro atoms. The fourth-order valence-electron chi connectivity index (χ4n) is 3.37. The summed E-state index contributed by atoms with van der Waals surface area (Å²) in [5.74, 6) is 1.12. The second kappa shape index (κ2) is 6.10. The Balaban J connectivity index is 1.44. The van der Waals surface area contributed by atoms with Gasteiger partial charge in [0.15, 0.2) is 0 Å². The number of pyridine rings is 1. The highest BCUT2D eigenvalue weighted by molar-refractivity contribution is 5.38. The normalized spacial score (nSPS) is 22.6. The Morgan fingerprint density at radius 3 is 2.50 bits per heavy atom. The Morgan fingerprint density at radius 2 is 1.95 bits per heavy atom. The maximum absolute atomic E-state index is 5.95. The minimum atomic E-state index is 0.484. The summed E-state index contributed by atoms with van der Waals surface area (Å²) in [6, 6.07) is 6.15. The van der Waals surface area contributed by atoms with Crippen molar-refractivity contribution in [1.29, 1.82) is 0 Å². The molecule has 4 nitrogen and oxygen atoms in total. The van der Waals surface area contributed by atoms with Crippen LogP contribution in [0.2, 0.25) is 0 Å². The van der Waals surface area contributed by atoms with E-state index in [0.717, 1.165) is 38.5 Å². The molecule has 3 rings (SSSR count). The molecular weight excluding hydrogens is 248 g/mol. The highest BCUT2D eigenvalue weighted by Crippen LogP contribution is 2.42. The lowest BCUT2D eigenvalue weighted by Crippen LogP contribution is -2.48. The van der Waals surface area contributed by atoms with Gasteiger partial charge in [-0.1, -0.05) is 12.5 Å². The summed E-state index contributed by atoms with van der Waals surface area (Å²) in [4.78, 5) is 9.42. The summed E-state index contributed by atoms with van der Waals surface area (Å²) in [7, 11) is 0.